The number of aromatic nitrogens is 1. The van der Waals surface area contributed by atoms with Crippen molar-refractivity contribution in [2.75, 3.05) is 11.9 Å². The highest BCUT2D eigenvalue weighted by molar-refractivity contribution is 9.10. The zero-order valence-electron chi connectivity index (χ0n) is 19.9. The van der Waals surface area contributed by atoms with Gasteiger partial charge in [0.25, 0.3) is 0 Å². The van der Waals surface area contributed by atoms with Crippen LogP contribution in [0, 0.1) is 12.7 Å². The summed E-state index contributed by atoms with van der Waals surface area (Å²) >= 11 is 9.31. The number of aryl methyl sites for hydroxylation is 1. The normalized spacial score (nSPS) is 17.1. The average Bonchev–Trinajstić information content (AvgIpc) is 3.49. The summed E-state index contributed by atoms with van der Waals surface area (Å²) in [5.41, 5.74) is 3.04. The molecule has 5 rings (SSSR count). The van der Waals surface area contributed by atoms with Gasteiger partial charge in [-0.15, -0.1) is 0 Å². The van der Waals surface area contributed by atoms with Gasteiger partial charge < -0.3 is 20.0 Å². The Labute approximate surface area is 228 Å². The number of furan rings is 1. The number of pyridine rings is 1. The lowest BCUT2D eigenvalue weighted by atomic mass is 10.0. The Morgan fingerprint density at radius 3 is 2.73 bits per heavy atom. The van der Waals surface area contributed by atoms with Gasteiger partial charge in [0.15, 0.2) is 5.11 Å². The molecular weight excluding hydrogens is 555 g/mol. The number of rotatable bonds is 7. The van der Waals surface area contributed by atoms with Gasteiger partial charge in [0.05, 0.1) is 17.4 Å². The number of halogens is 2. The average molecular weight is 579 g/mol. The van der Waals surface area contributed by atoms with Crippen molar-refractivity contribution < 1.29 is 13.6 Å². The van der Waals surface area contributed by atoms with Gasteiger partial charge in [0, 0.05) is 29.2 Å². The fourth-order valence-corrected chi connectivity index (χ4v) is 5.45. The largest absolute Gasteiger partial charge is 0.459 e. The summed E-state index contributed by atoms with van der Waals surface area (Å²) in [6.45, 7) is 2.34. The number of anilines is 1. The van der Waals surface area contributed by atoms with Gasteiger partial charge in [-0.05, 0) is 73.2 Å². The molecule has 6 nitrogen and oxygen atoms in total. The maximum atomic E-state index is 14.0. The number of nitrogens with zero attached hydrogens (tertiary/aromatic N) is 2. The number of para-hydroxylation sites is 1. The van der Waals surface area contributed by atoms with E-state index in [4.69, 9.17) is 16.6 Å². The predicted molar refractivity (Wildman–Crippen MR) is 148 cm³/mol. The number of thiocarbonyl (C=S) groups is 1. The molecule has 188 valence electrons. The van der Waals surface area contributed by atoms with Crippen LogP contribution in [0.1, 0.15) is 35.5 Å². The molecule has 0 unspecified atom stereocenters. The molecule has 0 radical (unpaired) electrons. The predicted octanol–water partition coefficient (Wildman–Crippen LogP) is 6.55. The van der Waals surface area contributed by atoms with E-state index in [2.05, 4.69) is 31.5 Å². The Balaban J connectivity index is 1.42. The van der Waals surface area contributed by atoms with Crippen molar-refractivity contribution in [3.8, 4) is 11.3 Å². The molecule has 0 spiro atoms. The molecule has 0 bridgehead atoms. The van der Waals surface area contributed by atoms with Gasteiger partial charge in [0.1, 0.15) is 23.4 Å². The van der Waals surface area contributed by atoms with E-state index in [9.17, 15) is 9.18 Å². The minimum absolute atomic E-state index is 0.110. The van der Waals surface area contributed by atoms with Crippen molar-refractivity contribution in [3.63, 3.8) is 0 Å². The standard InChI is InChI=1S/C28H24BrFN4O2S/c1-17-9-10-18(19(29)16-17)23-11-12-24(36-23)27-26(22-8-4-5-14-31-22)33-28(37)34(27)15-13-25(35)32-21-7-3-2-6-20(21)30/h2-12,14,16,26-27H,13,15H2,1H3,(H,32,35)(H,33,37)/t26-,27-/m0/s1. The Bertz CT molecular complexity index is 1450. The summed E-state index contributed by atoms with van der Waals surface area (Å²) in [4.78, 5) is 19.1. The lowest BCUT2D eigenvalue weighted by molar-refractivity contribution is -0.116. The summed E-state index contributed by atoms with van der Waals surface area (Å²) in [5.74, 6) is 0.626. The van der Waals surface area contributed by atoms with Crippen molar-refractivity contribution in [1.29, 1.82) is 0 Å². The molecule has 4 aromatic rings. The fourth-order valence-electron chi connectivity index (χ4n) is 4.43. The van der Waals surface area contributed by atoms with Crippen LogP contribution in [0.2, 0.25) is 0 Å². The summed E-state index contributed by atoms with van der Waals surface area (Å²) < 4.78 is 21.3. The van der Waals surface area contributed by atoms with E-state index in [1.54, 1.807) is 18.3 Å². The number of carbonyl (C=O) groups excluding carboxylic acids is 1. The molecule has 1 amide bonds. The van der Waals surface area contributed by atoms with E-state index in [1.807, 2.05) is 60.4 Å². The van der Waals surface area contributed by atoms with Gasteiger partial charge in [-0.2, -0.15) is 0 Å². The summed E-state index contributed by atoms with van der Waals surface area (Å²) in [6.07, 6.45) is 1.84. The number of hydrogen-bond acceptors (Lipinski definition) is 4. The first kappa shape index (κ1) is 25.1. The Hall–Kier alpha value is -3.56. The first-order valence-corrected chi connectivity index (χ1v) is 13.0. The lowest BCUT2D eigenvalue weighted by Crippen LogP contribution is -2.32. The maximum absolute atomic E-state index is 14.0. The van der Waals surface area contributed by atoms with Crippen LogP contribution in [0.5, 0.6) is 0 Å². The molecule has 0 saturated carbocycles. The minimum Gasteiger partial charge on any atom is -0.459 e. The highest BCUT2D eigenvalue weighted by Crippen LogP contribution is 2.41. The van der Waals surface area contributed by atoms with E-state index < -0.39 is 5.82 Å². The molecule has 2 atom stereocenters. The van der Waals surface area contributed by atoms with E-state index in [0.717, 1.165) is 27.1 Å². The van der Waals surface area contributed by atoms with Gasteiger partial charge in [0.2, 0.25) is 5.91 Å². The highest BCUT2D eigenvalue weighted by Gasteiger charge is 2.41. The van der Waals surface area contributed by atoms with Crippen LogP contribution in [0.4, 0.5) is 10.1 Å². The molecule has 1 saturated heterocycles. The summed E-state index contributed by atoms with van der Waals surface area (Å²) in [7, 11) is 0. The quantitative estimate of drug-likeness (QED) is 0.242. The summed E-state index contributed by atoms with van der Waals surface area (Å²) in [6, 6.07) is 21.2. The number of amides is 1. The molecule has 1 aliphatic rings. The molecular formula is C28H24BrFN4O2S. The maximum Gasteiger partial charge on any atom is 0.226 e. The number of hydrogen-bond donors (Lipinski definition) is 2. The van der Waals surface area contributed by atoms with Crippen molar-refractivity contribution in [3.05, 3.63) is 106 Å². The lowest BCUT2D eigenvalue weighted by Gasteiger charge is -2.25. The van der Waals surface area contributed by atoms with Gasteiger partial charge >= 0.3 is 0 Å². The van der Waals surface area contributed by atoms with Crippen LogP contribution in [0.15, 0.2) is 87.9 Å². The number of nitrogens with one attached hydrogen (secondary N) is 2. The zero-order chi connectivity index (χ0) is 25.9. The van der Waals surface area contributed by atoms with Crippen LogP contribution in [0.3, 0.4) is 0 Å². The van der Waals surface area contributed by atoms with Crippen LogP contribution >= 0.6 is 28.1 Å². The molecule has 0 aliphatic carbocycles. The molecule has 2 aromatic heterocycles. The number of carbonyl (C=O) groups is 1. The van der Waals surface area contributed by atoms with E-state index in [1.165, 1.54) is 12.1 Å². The third-order valence-corrected chi connectivity index (χ3v) is 7.24. The number of benzene rings is 2. The second-order valence-corrected chi connectivity index (χ2v) is 10.0. The van der Waals surface area contributed by atoms with E-state index >= 15 is 0 Å². The van der Waals surface area contributed by atoms with Crippen LogP contribution in [0.25, 0.3) is 11.3 Å². The van der Waals surface area contributed by atoms with Crippen molar-refractivity contribution in [2.45, 2.75) is 25.4 Å². The van der Waals surface area contributed by atoms with Crippen molar-refractivity contribution in [2.24, 2.45) is 0 Å². The Morgan fingerprint density at radius 1 is 1.16 bits per heavy atom. The van der Waals surface area contributed by atoms with Crippen LogP contribution < -0.4 is 10.6 Å². The first-order chi connectivity index (χ1) is 17.9. The Morgan fingerprint density at radius 2 is 1.97 bits per heavy atom. The second kappa shape index (κ2) is 10.8. The van der Waals surface area contributed by atoms with Crippen molar-refractivity contribution in [1.82, 2.24) is 15.2 Å². The third-order valence-electron chi connectivity index (χ3n) is 6.23. The van der Waals surface area contributed by atoms with Crippen LogP contribution in [-0.2, 0) is 4.79 Å². The van der Waals surface area contributed by atoms with E-state index in [-0.39, 0.29) is 30.1 Å². The monoisotopic (exact) mass is 578 g/mol. The second-order valence-electron chi connectivity index (χ2n) is 8.78. The van der Waals surface area contributed by atoms with E-state index in [0.29, 0.717) is 17.4 Å². The molecule has 37 heavy (non-hydrogen) atoms. The minimum atomic E-state index is -0.479. The summed E-state index contributed by atoms with van der Waals surface area (Å²) in [5, 5.41) is 6.49. The SMILES string of the molecule is Cc1ccc(-c2ccc([C@H]3[C@H](c4ccccn4)NC(=S)N3CCC(=O)Nc3ccccc3F)o2)c(Br)c1. The van der Waals surface area contributed by atoms with Crippen LogP contribution in [-0.4, -0.2) is 27.4 Å². The van der Waals surface area contributed by atoms with Gasteiger partial charge in [-0.25, -0.2) is 4.39 Å². The first-order valence-electron chi connectivity index (χ1n) is 11.8. The fraction of sp³-hybridized carbons (Fsp3) is 0.179. The molecule has 2 N–H and O–H groups in total. The molecule has 9 heteroatoms. The van der Waals surface area contributed by atoms with Crippen molar-refractivity contribution >= 4 is 44.9 Å². The molecule has 2 aromatic carbocycles. The van der Waals surface area contributed by atoms with Gasteiger partial charge in [-0.3, -0.25) is 9.78 Å². The molecule has 1 aliphatic heterocycles. The molecule has 3 heterocycles. The zero-order valence-corrected chi connectivity index (χ0v) is 22.4. The van der Waals surface area contributed by atoms with Gasteiger partial charge in [-0.1, -0.05) is 40.2 Å². The molecule has 1 fully saturated rings. The topological polar surface area (TPSA) is 70.4 Å². The highest BCUT2D eigenvalue weighted by atomic mass is 79.9. The third kappa shape index (κ3) is 5.42. The Kier molecular flexibility index (Phi) is 7.34. The smallest absolute Gasteiger partial charge is 0.226 e.